The second-order valence-corrected chi connectivity index (χ2v) is 3.87. The largest absolute Gasteiger partial charge is 0.393 e. The van der Waals surface area contributed by atoms with Crippen molar-refractivity contribution >= 4 is 0 Å². The monoisotopic (exact) mass is 211 g/mol. The molecule has 0 unspecified atom stereocenters. The highest BCUT2D eigenvalue weighted by Crippen LogP contribution is 2.13. The first-order valence-electron chi connectivity index (χ1n) is 5.26. The maximum atomic E-state index is 12.9. The molecule has 0 radical (unpaired) electrons. The molecule has 0 amide bonds. The van der Waals surface area contributed by atoms with Crippen LogP contribution in [0.15, 0.2) is 24.3 Å². The van der Waals surface area contributed by atoms with E-state index in [0.717, 1.165) is 12.1 Å². The molecule has 0 spiro atoms. The molecule has 2 atom stereocenters. The maximum Gasteiger partial charge on any atom is 0.123 e. The van der Waals surface area contributed by atoms with Crippen molar-refractivity contribution in [3.05, 3.63) is 35.6 Å². The van der Waals surface area contributed by atoms with E-state index in [1.54, 1.807) is 13.0 Å². The highest BCUT2D eigenvalue weighted by Gasteiger charge is 2.05. The summed E-state index contributed by atoms with van der Waals surface area (Å²) in [6.45, 7) is 4.47. The van der Waals surface area contributed by atoms with Crippen LogP contribution in [0.4, 0.5) is 4.39 Å². The van der Waals surface area contributed by atoms with E-state index in [1.165, 1.54) is 12.1 Å². The third-order valence-electron chi connectivity index (χ3n) is 2.36. The number of benzene rings is 1. The molecule has 0 saturated heterocycles. The zero-order valence-electron chi connectivity index (χ0n) is 9.20. The normalized spacial score (nSPS) is 14.9. The summed E-state index contributed by atoms with van der Waals surface area (Å²) < 4.78 is 12.9. The van der Waals surface area contributed by atoms with Crippen LogP contribution in [0.1, 0.15) is 31.9 Å². The number of hydrogen-bond acceptors (Lipinski definition) is 2. The molecule has 0 heterocycles. The lowest BCUT2D eigenvalue weighted by atomic mass is 10.1. The summed E-state index contributed by atoms with van der Waals surface area (Å²) in [5, 5.41) is 12.3. The fourth-order valence-corrected chi connectivity index (χ4v) is 1.40. The fourth-order valence-electron chi connectivity index (χ4n) is 1.40. The predicted octanol–water partition coefficient (Wildman–Crippen LogP) is 2.25. The molecule has 0 fully saturated rings. The molecule has 0 aliphatic heterocycles. The summed E-state index contributed by atoms with van der Waals surface area (Å²) in [6, 6.07) is 6.67. The van der Waals surface area contributed by atoms with E-state index in [4.69, 9.17) is 5.11 Å². The van der Waals surface area contributed by atoms with Crippen LogP contribution in [0.3, 0.4) is 0 Å². The zero-order chi connectivity index (χ0) is 11.3. The average molecular weight is 211 g/mol. The first-order chi connectivity index (χ1) is 7.09. The first-order valence-corrected chi connectivity index (χ1v) is 5.26. The van der Waals surface area contributed by atoms with Crippen LogP contribution >= 0.6 is 0 Å². The molecule has 15 heavy (non-hydrogen) atoms. The number of halogens is 1. The summed E-state index contributed by atoms with van der Waals surface area (Å²) in [6.07, 6.45) is 0.414. The van der Waals surface area contributed by atoms with Crippen molar-refractivity contribution in [1.82, 2.24) is 5.32 Å². The van der Waals surface area contributed by atoms with Crippen LogP contribution in [0.25, 0.3) is 0 Å². The molecule has 84 valence electrons. The van der Waals surface area contributed by atoms with E-state index in [-0.39, 0.29) is 18.0 Å². The average Bonchev–Trinajstić information content (AvgIpc) is 2.17. The van der Waals surface area contributed by atoms with Gasteiger partial charge in [0.15, 0.2) is 0 Å². The Hall–Kier alpha value is -0.930. The maximum absolute atomic E-state index is 12.9. The minimum absolute atomic E-state index is 0.111. The van der Waals surface area contributed by atoms with Crippen molar-refractivity contribution in [2.75, 3.05) is 6.54 Å². The van der Waals surface area contributed by atoms with Gasteiger partial charge in [0.05, 0.1) is 6.10 Å². The Bertz CT molecular complexity index is 301. The lowest BCUT2D eigenvalue weighted by molar-refractivity contribution is 0.182. The van der Waals surface area contributed by atoms with Gasteiger partial charge in [0.25, 0.3) is 0 Å². The van der Waals surface area contributed by atoms with Gasteiger partial charge in [-0.1, -0.05) is 12.1 Å². The van der Waals surface area contributed by atoms with Crippen LogP contribution in [0.2, 0.25) is 0 Å². The molecule has 1 aromatic rings. The molecule has 2 N–H and O–H groups in total. The van der Waals surface area contributed by atoms with Crippen LogP contribution < -0.4 is 5.32 Å². The van der Waals surface area contributed by atoms with Crippen molar-refractivity contribution in [1.29, 1.82) is 0 Å². The van der Waals surface area contributed by atoms with Crippen molar-refractivity contribution in [3.63, 3.8) is 0 Å². The van der Waals surface area contributed by atoms with Crippen LogP contribution in [-0.4, -0.2) is 17.8 Å². The lowest BCUT2D eigenvalue weighted by Crippen LogP contribution is -2.22. The number of rotatable bonds is 5. The highest BCUT2D eigenvalue weighted by atomic mass is 19.1. The molecule has 0 aliphatic carbocycles. The minimum Gasteiger partial charge on any atom is -0.393 e. The molecule has 3 heteroatoms. The van der Waals surface area contributed by atoms with Crippen LogP contribution in [-0.2, 0) is 0 Å². The van der Waals surface area contributed by atoms with E-state index >= 15 is 0 Å². The van der Waals surface area contributed by atoms with Gasteiger partial charge in [-0.15, -0.1) is 0 Å². The Labute approximate surface area is 90.1 Å². The second-order valence-electron chi connectivity index (χ2n) is 3.87. The molecule has 1 aromatic carbocycles. The summed E-state index contributed by atoms with van der Waals surface area (Å²) in [5.41, 5.74) is 0.931. The quantitative estimate of drug-likeness (QED) is 0.783. The number of hydrogen-bond donors (Lipinski definition) is 2. The van der Waals surface area contributed by atoms with Gasteiger partial charge in [0.1, 0.15) is 5.82 Å². The van der Waals surface area contributed by atoms with E-state index in [2.05, 4.69) is 5.32 Å². The molecule has 2 nitrogen and oxygen atoms in total. The van der Waals surface area contributed by atoms with Gasteiger partial charge < -0.3 is 10.4 Å². The highest BCUT2D eigenvalue weighted by molar-refractivity contribution is 5.19. The second kappa shape index (κ2) is 5.83. The Morgan fingerprint density at radius 2 is 2.13 bits per heavy atom. The number of aliphatic hydroxyl groups excluding tert-OH is 1. The van der Waals surface area contributed by atoms with E-state index in [9.17, 15) is 4.39 Å². The first kappa shape index (κ1) is 12.1. The van der Waals surface area contributed by atoms with Crippen molar-refractivity contribution in [3.8, 4) is 0 Å². The Kier molecular flexibility index (Phi) is 4.72. The van der Waals surface area contributed by atoms with E-state index in [1.807, 2.05) is 13.0 Å². The summed E-state index contributed by atoms with van der Waals surface area (Å²) in [4.78, 5) is 0. The van der Waals surface area contributed by atoms with Crippen molar-refractivity contribution < 1.29 is 9.50 Å². The Balaban J connectivity index is 2.43. The van der Waals surface area contributed by atoms with Crippen molar-refractivity contribution in [2.24, 2.45) is 0 Å². The number of nitrogens with one attached hydrogen (secondary N) is 1. The molecule has 0 aliphatic rings. The molecule has 0 bridgehead atoms. The van der Waals surface area contributed by atoms with Gasteiger partial charge >= 0.3 is 0 Å². The summed E-state index contributed by atoms with van der Waals surface area (Å²) in [5.74, 6) is -0.211. The standard InChI is InChI=1S/C12H18FNO/c1-9(15)6-7-14-10(2)11-4-3-5-12(13)8-11/h3-5,8-10,14-15H,6-7H2,1-2H3/t9-,10+/m1/s1. The summed E-state index contributed by atoms with van der Waals surface area (Å²) in [7, 11) is 0. The lowest BCUT2D eigenvalue weighted by Gasteiger charge is -2.14. The Morgan fingerprint density at radius 3 is 2.73 bits per heavy atom. The summed E-state index contributed by atoms with van der Waals surface area (Å²) >= 11 is 0. The molecule has 0 saturated carbocycles. The predicted molar refractivity (Wildman–Crippen MR) is 59.1 cm³/mol. The van der Waals surface area contributed by atoms with Gasteiger partial charge in [-0.05, 0) is 44.5 Å². The minimum atomic E-state index is -0.294. The van der Waals surface area contributed by atoms with Gasteiger partial charge in [-0.3, -0.25) is 0 Å². The smallest absolute Gasteiger partial charge is 0.123 e. The van der Waals surface area contributed by atoms with Gasteiger partial charge in [0, 0.05) is 6.04 Å². The topological polar surface area (TPSA) is 32.3 Å². The fraction of sp³-hybridized carbons (Fsp3) is 0.500. The number of aliphatic hydroxyl groups is 1. The zero-order valence-corrected chi connectivity index (χ0v) is 9.20. The van der Waals surface area contributed by atoms with Gasteiger partial charge in [-0.25, -0.2) is 4.39 Å². The van der Waals surface area contributed by atoms with Crippen LogP contribution in [0, 0.1) is 5.82 Å². The SMILES string of the molecule is C[C@H](NCC[C@@H](C)O)c1cccc(F)c1. The molecular formula is C12H18FNO. The molecule has 1 rings (SSSR count). The van der Waals surface area contributed by atoms with Gasteiger partial charge in [-0.2, -0.15) is 0 Å². The third kappa shape index (κ3) is 4.40. The van der Waals surface area contributed by atoms with E-state index < -0.39 is 0 Å². The Morgan fingerprint density at radius 1 is 1.40 bits per heavy atom. The van der Waals surface area contributed by atoms with Crippen LogP contribution in [0.5, 0.6) is 0 Å². The third-order valence-corrected chi connectivity index (χ3v) is 2.36. The van der Waals surface area contributed by atoms with E-state index in [0.29, 0.717) is 6.42 Å². The van der Waals surface area contributed by atoms with Gasteiger partial charge in [0.2, 0.25) is 0 Å². The molecular weight excluding hydrogens is 193 g/mol. The van der Waals surface area contributed by atoms with Crippen molar-refractivity contribution in [2.45, 2.75) is 32.4 Å². The molecule has 0 aromatic heterocycles.